The number of ketones is 2. The van der Waals surface area contributed by atoms with Gasteiger partial charge in [0.15, 0.2) is 17.4 Å². The van der Waals surface area contributed by atoms with Gasteiger partial charge in [-0.3, -0.25) is 9.59 Å². The number of allylic oxidation sites excluding steroid dienone is 2. The van der Waals surface area contributed by atoms with Crippen LogP contribution >= 0.6 is 0 Å². The van der Waals surface area contributed by atoms with E-state index in [9.17, 15) is 14.4 Å². The molecule has 7 nitrogen and oxygen atoms in total. The summed E-state index contributed by atoms with van der Waals surface area (Å²) >= 11 is 0. The number of ether oxygens (including phenoxy) is 3. The maximum Gasteiger partial charge on any atom is 0.407 e. The minimum absolute atomic E-state index is 0.0204. The number of nitrogens with one attached hydrogen (secondary N) is 1. The second-order valence-corrected chi connectivity index (χ2v) is 7.04. The molecule has 1 aromatic rings. The Bertz CT molecular complexity index is 869. The molecule has 26 heavy (non-hydrogen) atoms. The minimum Gasteiger partial charge on any atom is -0.445 e. The summed E-state index contributed by atoms with van der Waals surface area (Å²) in [5.41, 5.74) is 2.96. The first-order valence-corrected chi connectivity index (χ1v) is 8.46. The largest absolute Gasteiger partial charge is 0.445 e. The predicted octanol–water partition coefficient (Wildman–Crippen LogP) is 2.23. The van der Waals surface area contributed by atoms with Gasteiger partial charge >= 0.3 is 6.09 Å². The van der Waals surface area contributed by atoms with Gasteiger partial charge in [0.2, 0.25) is 0 Å². The topological polar surface area (TPSA) is 90.9 Å². The van der Waals surface area contributed by atoms with E-state index in [1.165, 1.54) is 19.2 Å². The molecule has 0 saturated carbocycles. The van der Waals surface area contributed by atoms with Gasteiger partial charge in [0, 0.05) is 24.6 Å². The zero-order valence-electron chi connectivity index (χ0n) is 14.8. The van der Waals surface area contributed by atoms with E-state index >= 15 is 0 Å². The predicted molar refractivity (Wildman–Crippen MR) is 90.0 cm³/mol. The molecule has 1 aliphatic heterocycles. The molecule has 1 N–H and O–H groups in total. The lowest BCUT2D eigenvalue weighted by atomic mass is 9.86. The van der Waals surface area contributed by atoms with Gasteiger partial charge in [-0.1, -0.05) is 0 Å². The number of alkyl carbamates (subject to hydrolysis) is 1. The molecule has 7 heteroatoms. The Morgan fingerprint density at radius 3 is 2.73 bits per heavy atom. The number of fused-ring (bicyclic) bond motifs is 5. The molecule has 2 aliphatic carbocycles. The van der Waals surface area contributed by atoms with Crippen LogP contribution in [0.3, 0.4) is 0 Å². The first-order chi connectivity index (χ1) is 12.3. The van der Waals surface area contributed by atoms with Crippen molar-refractivity contribution in [2.24, 2.45) is 0 Å². The van der Waals surface area contributed by atoms with Crippen molar-refractivity contribution in [1.29, 1.82) is 0 Å². The van der Waals surface area contributed by atoms with Crippen molar-refractivity contribution in [3.63, 3.8) is 0 Å². The lowest BCUT2D eigenvalue weighted by Gasteiger charge is -2.23. The maximum absolute atomic E-state index is 12.4. The molecule has 1 aromatic carbocycles. The Morgan fingerprint density at radius 2 is 2.00 bits per heavy atom. The second kappa shape index (κ2) is 5.75. The summed E-state index contributed by atoms with van der Waals surface area (Å²) in [6.45, 7) is 3.65. The number of hydrogen-bond donors (Lipinski definition) is 1. The van der Waals surface area contributed by atoms with Crippen LogP contribution in [0.2, 0.25) is 0 Å². The number of benzene rings is 1. The van der Waals surface area contributed by atoms with Crippen LogP contribution in [-0.4, -0.2) is 36.6 Å². The number of rotatable bonds is 2. The summed E-state index contributed by atoms with van der Waals surface area (Å²) in [6.07, 6.45) is 1.88. The molecular formula is C19H19NO6. The second-order valence-electron chi connectivity index (χ2n) is 7.04. The Hall–Kier alpha value is -2.51. The highest BCUT2D eigenvalue weighted by Crippen LogP contribution is 2.49. The monoisotopic (exact) mass is 357 g/mol. The van der Waals surface area contributed by atoms with Crippen LogP contribution in [0.15, 0.2) is 18.2 Å². The molecule has 2 atom stereocenters. The van der Waals surface area contributed by atoms with Crippen molar-refractivity contribution >= 4 is 17.7 Å². The van der Waals surface area contributed by atoms with E-state index in [-0.39, 0.29) is 30.4 Å². The highest BCUT2D eigenvalue weighted by Gasteiger charge is 2.49. The smallest absolute Gasteiger partial charge is 0.407 e. The van der Waals surface area contributed by atoms with E-state index < -0.39 is 11.9 Å². The fraction of sp³-hybridized carbons (Fsp3) is 0.421. The minimum atomic E-state index is -0.735. The summed E-state index contributed by atoms with van der Waals surface area (Å²) in [4.78, 5) is 36.3. The van der Waals surface area contributed by atoms with Crippen LogP contribution in [0.5, 0.6) is 0 Å². The lowest BCUT2D eigenvalue weighted by Crippen LogP contribution is -2.24. The van der Waals surface area contributed by atoms with E-state index in [0.29, 0.717) is 23.1 Å². The van der Waals surface area contributed by atoms with Crippen LogP contribution in [0.25, 0.3) is 0 Å². The zero-order valence-corrected chi connectivity index (χ0v) is 14.8. The maximum atomic E-state index is 12.4. The SMILES string of the molecule is CNC(=O)OCc1cc2c(c3c1C1OC(C)(C)OC1C3)C(=O)C=CC2=O. The summed E-state index contributed by atoms with van der Waals surface area (Å²) in [7, 11) is 1.47. The van der Waals surface area contributed by atoms with Gasteiger partial charge in [0.1, 0.15) is 12.7 Å². The first kappa shape index (κ1) is 16.9. The average molecular weight is 357 g/mol. The normalized spacial score (nSPS) is 24.9. The van der Waals surface area contributed by atoms with Gasteiger partial charge in [-0.05, 0) is 48.8 Å². The summed E-state index contributed by atoms with van der Waals surface area (Å²) in [6, 6.07) is 1.64. The van der Waals surface area contributed by atoms with Gasteiger partial charge in [0.05, 0.1) is 6.10 Å². The quantitative estimate of drug-likeness (QED) is 0.873. The lowest BCUT2D eigenvalue weighted by molar-refractivity contribution is -0.148. The van der Waals surface area contributed by atoms with Gasteiger partial charge in [0.25, 0.3) is 0 Å². The van der Waals surface area contributed by atoms with Crippen LogP contribution in [0.1, 0.15) is 57.4 Å². The average Bonchev–Trinajstić information content (AvgIpc) is 3.07. The van der Waals surface area contributed by atoms with Crippen molar-refractivity contribution in [3.8, 4) is 0 Å². The van der Waals surface area contributed by atoms with Crippen molar-refractivity contribution in [1.82, 2.24) is 5.32 Å². The molecule has 1 fully saturated rings. The fourth-order valence-electron chi connectivity index (χ4n) is 3.95. The van der Waals surface area contributed by atoms with Crippen molar-refractivity contribution < 1.29 is 28.6 Å². The zero-order chi connectivity index (χ0) is 18.6. The van der Waals surface area contributed by atoms with E-state index in [4.69, 9.17) is 14.2 Å². The molecule has 4 rings (SSSR count). The van der Waals surface area contributed by atoms with Crippen LogP contribution in [-0.2, 0) is 27.2 Å². The number of carbonyl (C=O) groups is 3. The van der Waals surface area contributed by atoms with E-state index in [1.807, 2.05) is 13.8 Å². The highest BCUT2D eigenvalue weighted by atomic mass is 16.8. The van der Waals surface area contributed by atoms with Gasteiger partial charge in [-0.2, -0.15) is 0 Å². The molecule has 0 aromatic heterocycles. The Labute approximate surface area is 150 Å². The van der Waals surface area contributed by atoms with Crippen LogP contribution < -0.4 is 5.32 Å². The third-order valence-corrected chi connectivity index (χ3v) is 4.90. The highest BCUT2D eigenvalue weighted by molar-refractivity contribution is 6.23. The Kier molecular flexibility index (Phi) is 3.75. The molecule has 0 bridgehead atoms. The Balaban J connectivity index is 1.84. The third kappa shape index (κ3) is 2.55. The van der Waals surface area contributed by atoms with Crippen molar-refractivity contribution in [2.75, 3.05) is 7.05 Å². The van der Waals surface area contributed by atoms with Crippen LogP contribution in [0, 0.1) is 0 Å². The van der Waals surface area contributed by atoms with Gasteiger partial charge in [-0.15, -0.1) is 0 Å². The molecule has 1 amide bonds. The molecule has 0 radical (unpaired) electrons. The molecule has 0 spiro atoms. The number of carbonyl (C=O) groups excluding carboxylic acids is 3. The van der Waals surface area contributed by atoms with Crippen LogP contribution in [0.4, 0.5) is 4.79 Å². The molecule has 136 valence electrons. The number of amides is 1. The third-order valence-electron chi connectivity index (χ3n) is 4.90. The van der Waals surface area contributed by atoms with Gasteiger partial charge < -0.3 is 19.5 Å². The molecule has 1 heterocycles. The fourth-order valence-corrected chi connectivity index (χ4v) is 3.95. The molecule has 3 aliphatic rings. The number of hydrogen-bond acceptors (Lipinski definition) is 6. The summed E-state index contributed by atoms with van der Waals surface area (Å²) < 4.78 is 17.2. The molecule has 1 saturated heterocycles. The molecule has 2 unspecified atom stereocenters. The van der Waals surface area contributed by atoms with Crippen molar-refractivity contribution in [3.05, 3.63) is 46.0 Å². The summed E-state index contributed by atoms with van der Waals surface area (Å²) in [5, 5.41) is 2.39. The summed E-state index contributed by atoms with van der Waals surface area (Å²) in [5.74, 6) is -1.17. The van der Waals surface area contributed by atoms with E-state index in [0.717, 1.165) is 11.1 Å². The molecular weight excluding hydrogens is 338 g/mol. The Morgan fingerprint density at radius 1 is 1.27 bits per heavy atom. The van der Waals surface area contributed by atoms with Crippen molar-refractivity contribution in [2.45, 2.75) is 44.9 Å². The van der Waals surface area contributed by atoms with E-state index in [1.54, 1.807) is 6.07 Å². The van der Waals surface area contributed by atoms with E-state index in [2.05, 4.69) is 5.32 Å². The standard InChI is InChI=1S/C19H19NO6/c1-19(2)25-14-7-11-15(17(14)26-19)9(8-24-18(23)20-3)6-10-12(21)4-5-13(22)16(10)11/h4-6,14,17H,7-8H2,1-3H3,(H,20,23). The first-order valence-electron chi connectivity index (χ1n) is 8.46. The van der Waals surface area contributed by atoms with Gasteiger partial charge in [-0.25, -0.2) is 4.79 Å².